The fourth-order valence-corrected chi connectivity index (χ4v) is 2.48. The van der Waals surface area contributed by atoms with Crippen LogP contribution in [0.25, 0.3) is 0 Å². The van der Waals surface area contributed by atoms with Crippen molar-refractivity contribution in [3.63, 3.8) is 0 Å². The van der Waals surface area contributed by atoms with Gasteiger partial charge in [-0.25, -0.2) is 0 Å². The van der Waals surface area contributed by atoms with E-state index in [0.29, 0.717) is 6.42 Å². The van der Waals surface area contributed by atoms with E-state index in [4.69, 9.17) is 0 Å². The Kier molecular flexibility index (Phi) is 6.00. The quantitative estimate of drug-likeness (QED) is 0.658. The van der Waals surface area contributed by atoms with E-state index in [0.717, 1.165) is 3.57 Å². The lowest BCUT2D eigenvalue weighted by Crippen LogP contribution is -2.35. The van der Waals surface area contributed by atoms with Crippen LogP contribution in [-0.4, -0.2) is 28.6 Å². The molecule has 0 spiro atoms. The highest BCUT2D eigenvalue weighted by atomic mass is 127. The van der Waals surface area contributed by atoms with E-state index in [1.165, 1.54) is 6.07 Å². The second-order valence-electron chi connectivity index (χ2n) is 6.17. The number of phenols is 1. The number of phenolic OH excluding ortho intramolecular Hbond substituents is 1. The molecule has 116 valence electrons. The average molecular weight is 405 g/mol. The number of carbonyl (C=O) groups is 2. The molecule has 1 aromatic carbocycles. The smallest absolute Gasteiger partial charge is 0.308 e. The first-order valence-corrected chi connectivity index (χ1v) is 7.67. The standard InChI is InChI=1S/C15H20INO4/c1-15(2,3)7-9(14(20)21)8-17-13(19)11-6-10(16)4-5-12(11)18/h4-6,9,18H,7-8H2,1-3H3,(H,17,19)(H,20,21). The first-order valence-electron chi connectivity index (χ1n) is 6.59. The first-order chi connectivity index (χ1) is 9.60. The molecule has 0 bridgehead atoms. The van der Waals surface area contributed by atoms with Crippen molar-refractivity contribution in [1.29, 1.82) is 0 Å². The van der Waals surface area contributed by atoms with Crippen molar-refractivity contribution in [3.8, 4) is 5.75 Å². The van der Waals surface area contributed by atoms with Gasteiger partial charge in [-0.3, -0.25) is 9.59 Å². The van der Waals surface area contributed by atoms with Gasteiger partial charge in [0.05, 0.1) is 11.5 Å². The number of rotatable bonds is 5. The van der Waals surface area contributed by atoms with Crippen LogP contribution in [0.4, 0.5) is 0 Å². The molecule has 1 unspecified atom stereocenters. The maximum Gasteiger partial charge on any atom is 0.308 e. The van der Waals surface area contributed by atoms with Gasteiger partial charge in [0.15, 0.2) is 0 Å². The third-order valence-corrected chi connectivity index (χ3v) is 3.59. The van der Waals surface area contributed by atoms with Crippen LogP contribution in [0.5, 0.6) is 5.75 Å². The molecule has 1 rings (SSSR count). The maximum absolute atomic E-state index is 12.0. The molecule has 0 saturated carbocycles. The molecule has 1 aromatic rings. The van der Waals surface area contributed by atoms with Crippen LogP contribution in [-0.2, 0) is 4.79 Å². The molecule has 1 amide bonds. The summed E-state index contributed by atoms with van der Waals surface area (Å²) in [5, 5.41) is 21.5. The lowest BCUT2D eigenvalue weighted by molar-refractivity contribution is -0.142. The van der Waals surface area contributed by atoms with Crippen LogP contribution < -0.4 is 5.32 Å². The van der Waals surface area contributed by atoms with Crippen molar-refractivity contribution < 1.29 is 19.8 Å². The predicted molar refractivity (Wildman–Crippen MR) is 88.4 cm³/mol. The molecule has 1 atom stereocenters. The van der Waals surface area contributed by atoms with E-state index in [1.54, 1.807) is 12.1 Å². The van der Waals surface area contributed by atoms with Gasteiger partial charge < -0.3 is 15.5 Å². The van der Waals surface area contributed by atoms with Gasteiger partial charge in [-0.05, 0) is 52.6 Å². The Morgan fingerprint density at radius 1 is 1.33 bits per heavy atom. The van der Waals surface area contributed by atoms with Crippen LogP contribution in [0.2, 0.25) is 0 Å². The Morgan fingerprint density at radius 2 is 1.95 bits per heavy atom. The molecule has 0 radical (unpaired) electrons. The number of carboxylic acids is 1. The summed E-state index contributed by atoms with van der Waals surface area (Å²) in [4.78, 5) is 23.3. The highest BCUT2D eigenvalue weighted by Crippen LogP contribution is 2.24. The van der Waals surface area contributed by atoms with Gasteiger partial charge in [-0.1, -0.05) is 20.8 Å². The van der Waals surface area contributed by atoms with Gasteiger partial charge in [0.1, 0.15) is 5.75 Å². The highest BCUT2D eigenvalue weighted by Gasteiger charge is 2.25. The summed E-state index contributed by atoms with van der Waals surface area (Å²) in [5.74, 6) is -2.17. The van der Waals surface area contributed by atoms with E-state index < -0.39 is 17.8 Å². The predicted octanol–water partition coefficient (Wildman–Crippen LogP) is 2.86. The molecule has 0 heterocycles. The molecule has 0 aliphatic carbocycles. The SMILES string of the molecule is CC(C)(C)CC(CNC(=O)c1cc(I)ccc1O)C(=O)O. The maximum atomic E-state index is 12.0. The molecule has 3 N–H and O–H groups in total. The van der Waals surface area contributed by atoms with E-state index in [-0.39, 0.29) is 23.3 Å². The molecule has 0 saturated heterocycles. The second-order valence-corrected chi connectivity index (χ2v) is 7.42. The van der Waals surface area contributed by atoms with Gasteiger partial charge in [0.25, 0.3) is 5.91 Å². The molecule has 0 aromatic heterocycles. The zero-order valence-electron chi connectivity index (χ0n) is 12.3. The third kappa shape index (κ3) is 5.91. The topological polar surface area (TPSA) is 86.6 Å². The Balaban J connectivity index is 2.74. The Bertz CT molecular complexity index is 537. The van der Waals surface area contributed by atoms with E-state index in [9.17, 15) is 19.8 Å². The largest absolute Gasteiger partial charge is 0.507 e. The number of carboxylic acid groups (broad SMARTS) is 1. The van der Waals surface area contributed by atoms with Gasteiger partial charge in [-0.15, -0.1) is 0 Å². The molecular weight excluding hydrogens is 385 g/mol. The van der Waals surface area contributed by atoms with Crippen LogP contribution in [0.3, 0.4) is 0 Å². The summed E-state index contributed by atoms with van der Waals surface area (Å²) in [6.45, 7) is 5.90. The minimum atomic E-state index is -0.933. The number of benzene rings is 1. The van der Waals surface area contributed by atoms with Crippen molar-refractivity contribution in [2.24, 2.45) is 11.3 Å². The molecule has 5 nitrogen and oxygen atoms in total. The van der Waals surface area contributed by atoms with Gasteiger partial charge in [0, 0.05) is 10.1 Å². The van der Waals surface area contributed by atoms with Gasteiger partial charge in [0.2, 0.25) is 0 Å². The summed E-state index contributed by atoms with van der Waals surface area (Å²) in [7, 11) is 0. The van der Waals surface area contributed by atoms with Crippen molar-refractivity contribution in [2.45, 2.75) is 27.2 Å². The molecule has 0 aliphatic heterocycles. The number of amides is 1. The number of aromatic hydroxyl groups is 1. The normalized spacial score (nSPS) is 12.8. The number of nitrogens with one attached hydrogen (secondary N) is 1. The Morgan fingerprint density at radius 3 is 2.48 bits per heavy atom. The van der Waals surface area contributed by atoms with Gasteiger partial charge in [-0.2, -0.15) is 0 Å². The number of aliphatic carboxylic acids is 1. The van der Waals surface area contributed by atoms with Crippen molar-refractivity contribution in [2.75, 3.05) is 6.54 Å². The molecule has 0 fully saturated rings. The van der Waals surface area contributed by atoms with Crippen LogP contribution in [0.15, 0.2) is 18.2 Å². The fraction of sp³-hybridized carbons (Fsp3) is 0.467. The second kappa shape index (κ2) is 7.11. The number of carbonyl (C=O) groups excluding carboxylic acids is 1. The van der Waals surface area contributed by atoms with Crippen LogP contribution >= 0.6 is 22.6 Å². The average Bonchev–Trinajstić information content (AvgIpc) is 2.35. The Labute approximate surface area is 137 Å². The molecule has 21 heavy (non-hydrogen) atoms. The summed E-state index contributed by atoms with van der Waals surface area (Å²) in [6.07, 6.45) is 0.459. The van der Waals surface area contributed by atoms with Crippen LogP contribution in [0.1, 0.15) is 37.6 Å². The zero-order valence-corrected chi connectivity index (χ0v) is 14.5. The fourth-order valence-electron chi connectivity index (χ4n) is 1.99. The first kappa shape index (κ1) is 17.7. The number of hydrogen-bond acceptors (Lipinski definition) is 3. The minimum Gasteiger partial charge on any atom is -0.507 e. The molecule has 0 aliphatic rings. The third-order valence-electron chi connectivity index (χ3n) is 2.92. The van der Waals surface area contributed by atoms with Gasteiger partial charge >= 0.3 is 5.97 Å². The van der Waals surface area contributed by atoms with E-state index in [1.807, 2.05) is 43.4 Å². The summed E-state index contributed by atoms with van der Waals surface area (Å²) in [6, 6.07) is 4.69. The minimum absolute atomic E-state index is 0.0380. The lowest BCUT2D eigenvalue weighted by atomic mass is 9.84. The van der Waals surface area contributed by atoms with Crippen LogP contribution in [0, 0.1) is 14.9 Å². The molecule has 6 heteroatoms. The summed E-state index contributed by atoms with van der Waals surface area (Å²) >= 11 is 2.04. The summed E-state index contributed by atoms with van der Waals surface area (Å²) < 4.78 is 0.819. The van der Waals surface area contributed by atoms with Crippen molar-refractivity contribution in [3.05, 3.63) is 27.3 Å². The number of halogens is 1. The number of hydrogen-bond donors (Lipinski definition) is 3. The monoisotopic (exact) mass is 405 g/mol. The highest BCUT2D eigenvalue weighted by molar-refractivity contribution is 14.1. The van der Waals surface area contributed by atoms with Crippen molar-refractivity contribution >= 4 is 34.5 Å². The van der Waals surface area contributed by atoms with Crippen molar-refractivity contribution in [1.82, 2.24) is 5.32 Å². The zero-order chi connectivity index (χ0) is 16.2. The molecular formula is C15H20INO4. The summed E-state index contributed by atoms with van der Waals surface area (Å²) in [5.41, 5.74) is 0.0136. The lowest BCUT2D eigenvalue weighted by Gasteiger charge is -2.23. The van der Waals surface area contributed by atoms with E-state index in [2.05, 4.69) is 5.32 Å². The Hall–Kier alpha value is -1.31. The van der Waals surface area contributed by atoms with E-state index >= 15 is 0 Å².